The Kier molecular flexibility index (Phi) is 3.80. The molecule has 1 unspecified atom stereocenters. The molecule has 0 bridgehead atoms. The summed E-state index contributed by atoms with van der Waals surface area (Å²) in [6.45, 7) is 2.38. The lowest BCUT2D eigenvalue weighted by molar-refractivity contribution is -0.131. The van der Waals surface area contributed by atoms with Crippen molar-refractivity contribution in [1.82, 2.24) is 0 Å². The summed E-state index contributed by atoms with van der Waals surface area (Å²) in [7, 11) is 0. The molecule has 1 amide bonds. The predicted molar refractivity (Wildman–Crippen MR) is 90.3 cm³/mol. The fraction of sp³-hybridized carbons (Fsp3) is 0.263. The van der Waals surface area contributed by atoms with E-state index in [2.05, 4.69) is 5.32 Å². The van der Waals surface area contributed by atoms with Crippen molar-refractivity contribution in [2.75, 3.05) is 18.5 Å². The van der Waals surface area contributed by atoms with Gasteiger partial charge >= 0.3 is 5.97 Å². The average molecular weight is 339 g/mol. The van der Waals surface area contributed by atoms with Crippen LogP contribution < -0.4 is 19.5 Å². The van der Waals surface area contributed by atoms with E-state index in [1.807, 2.05) is 24.3 Å². The zero-order valence-electron chi connectivity index (χ0n) is 13.7. The van der Waals surface area contributed by atoms with Gasteiger partial charge < -0.3 is 19.5 Å². The van der Waals surface area contributed by atoms with E-state index in [0.717, 1.165) is 16.8 Å². The van der Waals surface area contributed by atoms with Gasteiger partial charge in [0.15, 0.2) is 11.5 Å². The Hall–Kier alpha value is -3.02. The molecule has 0 aromatic heterocycles. The number of hydrogen-bond donors (Lipinski definition) is 1. The van der Waals surface area contributed by atoms with Crippen molar-refractivity contribution in [3.05, 3.63) is 47.5 Å². The average Bonchev–Trinajstić information content (AvgIpc) is 2.59. The molecule has 2 aliphatic heterocycles. The Bertz CT molecular complexity index is 844. The van der Waals surface area contributed by atoms with Crippen LogP contribution in [0.3, 0.4) is 0 Å². The van der Waals surface area contributed by atoms with E-state index in [0.29, 0.717) is 36.9 Å². The first-order chi connectivity index (χ1) is 12.1. The molecule has 1 N–H and O–H groups in total. The molecule has 0 spiro atoms. The maximum atomic E-state index is 12.1. The second kappa shape index (κ2) is 6.12. The summed E-state index contributed by atoms with van der Waals surface area (Å²) < 4.78 is 16.3. The van der Waals surface area contributed by atoms with Crippen molar-refractivity contribution < 1.29 is 23.8 Å². The third-order valence-electron chi connectivity index (χ3n) is 4.30. The number of hydrogen-bond acceptors (Lipinski definition) is 5. The van der Waals surface area contributed by atoms with Gasteiger partial charge in [-0.05, 0) is 29.3 Å². The standard InChI is InChI=1S/C19H17NO5/c1-11(21)25-13-4-2-12(3-5-13)14-9-19(22)20-16-10-18-17(8-15(14)16)23-6-7-24-18/h2-5,8,10,14H,6-7,9H2,1H3,(H,20,22). The quantitative estimate of drug-likeness (QED) is 0.673. The van der Waals surface area contributed by atoms with Gasteiger partial charge in [0.25, 0.3) is 0 Å². The van der Waals surface area contributed by atoms with Crippen LogP contribution in [0.2, 0.25) is 0 Å². The fourth-order valence-corrected chi connectivity index (χ4v) is 3.23. The second-order valence-electron chi connectivity index (χ2n) is 6.05. The number of rotatable bonds is 2. The summed E-state index contributed by atoms with van der Waals surface area (Å²) in [5.41, 5.74) is 2.71. The van der Waals surface area contributed by atoms with Crippen molar-refractivity contribution in [2.45, 2.75) is 19.3 Å². The first-order valence-electron chi connectivity index (χ1n) is 8.12. The molecule has 6 heteroatoms. The van der Waals surface area contributed by atoms with Crippen molar-refractivity contribution >= 4 is 17.6 Å². The number of amides is 1. The maximum absolute atomic E-state index is 12.1. The molecule has 128 valence electrons. The molecule has 2 heterocycles. The molecular weight excluding hydrogens is 322 g/mol. The molecule has 4 rings (SSSR count). The Labute approximate surface area is 144 Å². The van der Waals surface area contributed by atoms with Gasteiger partial charge in [0, 0.05) is 31.0 Å². The third-order valence-corrected chi connectivity index (χ3v) is 4.30. The molecule has 2 aromatic carbocycles. The number of carbonyl (C=O) groups excluding carboxylic acids is 2. The van der Waals surface area contributed by atoms with E-state index >= 15 is 0 Å². The minimum absolute atomic E-state index is 0.0433. The van der Waals surface area contributed by atoms with E-state index in [1.54, 1.807) is 12.1 Å². The molecule has 0 radical (unpaired) electrons. The van der Waals surface area contributed by atoms with Gasteiger partial charge in [0.05, 0.1) is 0 Å². The Morgan fingerprint density at radius 2 is 1.80 bits per heavy atom. The lowest BCUT2D eigenvalue weighted by Gasteiger charge is -2.29. The number of nitrogens with one attached hydrogen (secondary N) is 1. The summed E-state index contributed by atoms with van der Waals surface area (Å²) in [4.78, 5) is 23.2. The number of esters is 1. The highest BCUT2D eigenvalue weighted by Crippen LogP contribution is 2.44. The van der Waals surface area contributed by atoms with Crippen molar-refractivity contribution in [3.63, 3.8) is 0 Å². The van der Waals surface area contributed by atoms with Crippen molar-refractivity contribution in [2.24, 2.45) is 0 Å². The van der Waals surface area contributed by atoms with Crippen LogP contribution in [0.1, 0.15) is 30.4 Å². The largest absolute Gasteiger partial charge is 0.486 e. The lowest BCUT2D eigenvalue weighted by atomic mass is 9.84. The molecule has 0 fully saturated rings. The number of ether oxygens (including phenoxy) is 3. The summed E-state index contributed by atoms with van der Waals surface area (Å²) in [6.07, 6.45) is 0.347. The van der Waals surface area contributed by atoms with Crippen LogP contribution in [-0.2, 0) is 9.59 Å². The van der Waals surface area contributed by atoms with Gasteiger partial charge in [-0.2, -0.15) is 0 Å². The van der Waals surface area contributed by atoms with Crippen LogP contribution >= 0.6 is 0 Å². The maximum Gasteiger partial charge on any atom is 0.308 e. The van der Waals surface area contributed by atoms with Gasteiger partial charge in [-0.3, -0.25) is 9.59 Å². The number of benzene rings is 2. The Morgan fingerprint density at radius 1 is 1.12 bits per heavy atom. The van der Waals surface area contributed by atoms with Crippen molar-refractivity contribution in [1.29, 1.82) is 0 Å². The summed E-state index contributed by atoms with van der Waals surface area (Å²) in [6, 6.07) is 11.0. The van der Waals surface area contributed by atoms with E-state index in [4.69, 9.17) is 14.2 Å². The number of carbonyl (C=O) groups is 2. The molecular formula is C19H17NO5. The topological polar surface area (TPSA) is 73.9 Å². The SMILES string of the molecule is CC(=O)Oc1ccc(C2CC(=O)Nc3cc4c(cc32)OCCO4)cc1. The van der Waals surface area contributed by atoms with E-state index in [-0.39, 0.29) is 17.8 Å². The van der Waals surface area contributed by atoms with Gasteiger partial charge in [0.2, 0.25) is 5.91 Å². The lowest BCUT2D eigenvalue weighted by Crippen LogP contribution is -2.24. The van der Waals surface area contributed by atoms with Crippen LogP contribution in [0.25, 0.3) is 0 Å². The molecule has 0 saturated carbocycles. The van der Waals surface area contributed by atoms with Gasteiger partial charge in [-0.1, -0.05) is 12.1 Å². The van der Waals surface area contributed by atoms with Crippen LogP contribution in [0.5, 0.6) is 17.2 Å². The summed E-state index contributed by atoms with van der Waals surface area (Å²) in [5.74, 6) is 1.33. The van der Waals surface area contributed by atoms with E-state index < -0.39 is 0 Å². The van der Waals surface area contributed by atoms with Crippen molar-refractivity contribution in [3.8, 4) is 17.2 Å². The predicted octanol–water partition coefficient (Wildman–Crippen LogP) is 2.86. The minimum Gasteiger partial charge on any atom is -0.486 e. The zero-order valence-corrected chi connectivity index (χ0v) is 13.7. The summed E-state index contributed by atoms with van der Waals surface area (Å²) in [5, 5.41) is 2.90. The van der Waals surface area contributed by atoms with Gasteiger partial charge in [-0.15, -0.1) is 0 Å². The van der Waals surface area contributed by atoms with Crippen LogP contribution in [0, 0.1) is 0 Å². The van der Waals surface area contributed by atoms with E-state index in [9.17, 15) is 9.59 Å². The highest BCUT2D eigenvalue weighted by atomic mass is 16.6. The number of fused-ring (bicyclic) bond motifs is 2. The normalized spacial score (nSPS) is 18.1. The molecule has 25 heavy (non-hydrogen) atoms. The smallest absolute Gasteiger partial charge is 0.308 e. The third kappa shape index (κ3) is 3.03. The Balaban J connectivity index is 1.71. The van der Waals surface area contributed by atoms with Gasteiger partial charge in [0.1, 0.15) is 19.0 Å². The van der Waals surface area contributed by atoms with Crippen LogP contribution in [-0.4, -0.2) is 25.1 Å². The fourth-order valence-electron chi connectivity index (χ4n) is 3.23. The van der Waals surface area contributed by atoms with Crippen LogP contribution in [0.15, 0.2) is 36.4 Å². The highest BCUT2D eigenvalue weighted by molar-refractivity contribution is 5.96. The summed E-state index contributed by atoms with van der Waals surface area (Å²) >= 11 is 0. The molecule has 6 nitrogen and oxygen atoms in total. The van der Waals surface area contributed by atoms with Gasteiger partial charge in [-0.25, -0.2) is 0 Å². The zero-order chi connectivity index (χ0) is 17.4. The molecule has 1 atom stereocenters. The monoisotopic (exact) mass is 339 g/mol. The van der Waals surface area contributed by atoms with Crippen LogP contribution in [0.4, 0.5) is 5.69 Å². The molecule has 2 aliphatic rings. The number of anilines is 1. The second-order valence-corrected chi connectivity index (χ2v) is 6.05. The Morgan fingerprint density at radius 3 is 2.48 bits per heavy atom. The molecule has 2 aromatic rings. The minimum atomic E-state index is -0.362. The molecule has 0 aliphatic carbocycles. The highest BCUT2D eigenvalue weighted by Gasteiger charge is 2.29. The van der Waals surface area contributed by atoms with E-state index in [1.165, 1.54) is 6.92 Å². The first kappa shape index (κ1) is 15.5. The molecule has 0 saturated heterocycles. The first-order valence-corrected chi connectivity index (χ1v) is 8.12.